The van der Waals surface area contributed by atoms with Crippen molar-refractivity contribution >= 4 is 5.91 Å². The molecule has 4 fully saturated rings. The smallest absolute Gasteiger partial charge is 0.220 e. The van der Waals surface area contributed by atoms with Gasteiger partial charge >= 0.3 is 0 Å². The summed E-state index contributed by atoms with van der Waals surface area (Å²) >= 11 is 0. The zero-order chi connectivity index (χ0) is 27.2. The topological polar surface area (TPSA) is 64.3 Å². The molecule has 4 saturated carbocycles. The summed E-state index contributed by atoms with van der Waals surface area (Å²) in [7, 11) is 0. The van der Waals surface area contributed by atoms with Crippen LogP contribution in [0.25, 0.3) is 0 Å². The molecule has 0 aromatic rings. The average Bonchev–Trinajstić information content (AvgIpc) is 3.27. The van der Waals surface area contributed by atoms with Crippen molar-refractivity contribution in [2.24, 2.45) is 52.1 Å². The Balaban J connectivity index is 1.25. The zero-order valence-corrected chi connectivity index (χ0v) is 25.2. The normalized spacial score (nSPS) is 39.1. The fourth-order valence-electron chi connectivity index (χ4n) is 10.2. The summed E-state index contributed by atoms with van der Waals surface area (Å²) in [5, 5.41) is 3.19. The van der Waals surface area contributed by atoms with Gasteiger partial charge in [0.1, 0.15) is 0 Å². The Morgan fingerprint density at radius 2 is 1.74 bits per heavy atom. The Labute approximate surface area is 234 Å². The monoisotopic (exact) mass is 528 g/mol. The van der Waals surface area contributed by atoms with Gasteiger partial charge in [0, 0.05) is 13.0 Å². The molecular weight excluding hydrogens is 468 g/mol. The molecule has 0 aromatic carbocycles. The van der Waals surface area contributed by atoms with Gasteiger partial charge in [0.15, 0.2) is 0 Å². The lowest BCUT2D eigenvalue weighted by atomic mass is 9.44. The highest BCUT2D eigenvalue weighted by Crippen LogP contribution is 2.68. The van der Waals surface area contributed by atoms with Crippen LogP contribution in [0.15, 0.2) is 12.7 Å². The largest absolute Gasteiger partial charge is 0.374 e. The molecule has 0 saturated heterocycles. The van der Waals surface area contributed by atoms with E-state index in [1.165, 1.54) is 77.0 Å². The molecule has 9 atom stereocenters. The fourth-order valence-corrected chi connectivity index (χ4v) is 10.2. The molecule has 0 bridgehead atoms. The van der Waals surface area contributed by atoms with Crippen molar-refractivity contribution in [2.75, 3.05) is 19.7 Å². The minimum absolute atomic E-state index is 0.265. The van der Waals surface area contributed by atoms with Gasteiger partial charge in [0.25, 0.3) is 0 Å². The maximum atomic E-state index is 12.6. The summed E-state index contributed by atoms with van der Waals surface area (Å²) in [5.41, 5.74) is 6.57. The van der Waals surface area contributed by atoms with E-state index in [9.17, 15) is 4.79 Å². The predicted molar refractivity (Wildman–Crippen MR) is 159 cm³/mol. The highest BCUT2D eigenvalue weighted by molar-refractivity contribution is 5.75. The molecule has 0 radical (unpaired) electrons. The summed E-state index contributed by atoms with van der Waals surface area (Å²) in [6, 6.07) is 0. The number of carbonyl (C=O) groups is 1. The minimum Gasteiger partial charge on any atom is -0.374 e. The molecule has 0 aliphatic heterocycles. The van der Waals surface area contributed by atoms with Gasteiger partial charge in [-0.05, 0) is 130 Å². The zero-order valence-electron chi connectivity index (χ0n) is 25.2. The summed E-state index contributed by atoms with van der Waals surface area (Å²) in [5.74, 6) is 5.28. The van der Waals surface area contributed by atoms with E-state index >= 15 is 0 Å². The van der Waals surface area contributed by atoms with Crippen LogP contribution in [0.1, 0.15) is 124 Å². The van der Waals surface area contributed by atoms with Gasteiger partial charge in [0.2, 0.25) is 5.91 Å². The number of hydrogen-bond acceptors (Lipinski definition) is 3. The van der Waals surface area contributed by atoms with E-state index in [2.05, 4.69) is 32.7 Å². The number of fused-ring (bicyclic) bond motifs is 5. The second-order valence-corrected chi connectivity index (χ2v) is 14.3. The van der Waals surface area contributed by atoms with E-state index < -0.39 is 0 Å². The number of nitrogens with two attached hydrogens (primary N) is 1. The molecule has 0 heterocycles. The number of unbranched alkanes of at least 4 members (excludes halogenated alkanes) is 4. The van der Waals surface area contributed by atoms with Crippen LogP contribution in [0.2, 0.25) is 0 Å². The molecule has 218 valence electrons. The van der Waals surface area contributed by atoms with Crippen LogP contribution in [0.4, 0.5) is 0 Å². The van der Waals surface area contributed by atoms with Gasteiger partial charge in [-0.15, -0.1) is 6.58 Å². The van der Waals surface area contributed by atoms with Crippen molar-refractivity contribution in [1.82, 2.24) is 5.32 Å². The van der Waals surface area contributed by atoms with Crippen molar-refractivity contribution in [1.29, 1.82) is 0 Å². The Hall–Kier alpha value is -0.870. The van der Waals surface area contributed by atoms with Crippen molar-refractivity contribution in [2.45, 2.75) is 130 Å². The third-order valence-corrected chi connectivity index (χ3v) is 12.4. The molecule has 3 N–H and O–H groups in total. The third-order valence-electron chi connectivity index (χ3n) is 12.4. The molecule has 4 aliphatic rings. The number of hydrogen-bond donors (Lipinski definition) is 2. The van der Waals surface area contributed by atoms with Crippen LogP contribution >= 0.6 is 0 Å². The van der Waals surface area contributed by atoms with E-state index in [0.29, 0.717) is 35.9 Å². The highest BCUT2D eigenvalue weighted by Gasteiger charge is 2.60. The van der Waals surface area contributed by atoms with Gasteiger partial charge in [0.05, 0.1) is 12.7 Å². The summed E-state index contributed by atoms with van der Waals surface area (Å²) < 4.78 is 6.12. The Morgan fingerprint density at radius 1 is 1.00 bits per heavy atom. The first-order valence-corrected chi connectivity index (χ1v) is 16.5. The van der Waals surface area contributed by atoms with Crippen molar-refractivity contribution < 1.29 is 9.53 Å². The lowest BCUT2D eigenvalue weighted by Crippen LogP contribution is -2.54. The lowest BCUT2D eigenvalue weighted by Gasteiger charge is -2.61. The van der Waals surface area contributed by atoms with Crippen LogP contribution in [0, 0.1) is 46.3 Å². The van der Waals surface area contributed by atoms with Crippen LogP contribution in [0.3, 0.4) is 0 Å². The van der Waals surface area contributed by atoms with Gasteiger partial charge in [-0.1, -0.05) is 46.1 Å². The number of nitrogens with one attached hydrogen (secondary N) is 1. The van der Waals surface area contributed by atoms with E-state index in [-0.39, 0.29) is 5.91 Å². The number of amides is 1. The molecule has 4 nitrogen and oxygen atoms in total. The lowest BCUT2D eigenvalue weighted by molar-refractivity contribution is -0.135. The molecular formula is C34H60N2O2. The van der Waals surface area contributed by atoms with Crippen LogP contribution < -0.4 is 11.1 Å². The summed E-state index contributed by atoms with van der Waals surface area (Å²) in [6.07, 6.45) is 22.3. The Morgan fingerprint density at radius 3 is 2.53 bits per heavy atom. The van der Waals surface area contributed by atoms with E-state index in [4.69, 9.17) is 10.5 Å². The Kier molecular flexibility index (Phi) is 10.8. The van der Waals surface area contributed by atoms with E-state index in [1.807, 2.05) is 6.08 Å². The molecule has 38 heavy (non-hydrogen) atoms. The van der Waals surface area contributed by atoms with Crippen molar-refractivity contribution in [3.8, 4) is 0 Å². The standard InChI is InChI=1S/C34H60N2O2/c1-5-23-38-27-17-19-33(3)26(24-27)12-13-28-30-15-14-29(34(30,4)20-18-31(28)33)25(2)11-16-32(37)36-22-10-8-6-7-9-21-35/h5,25-31H,1,6-24,35H2,2-4H3,(H,36,37)/t25-,26-,27-,28+,29-,30+,31+,33+,34-/m1/s1. The quantitative estimate of drug-likeness (QED) is 0.180. The van der Waals surface area contributed by atoms with Gasteiger partial charge in [-0.25, -0.2) is 0 Å². The molecule has 0 aromatic heterocycles. The van der Waals surface area contributed by atoms with Crippen molar-refractivity contribution in [3.05, 3.63) is 12.7 Å². The van der Waals surface area contributed by atoms with Gasteiger partial charge in [-0.2, -0.15) is 0 Å². The first kappa shape index (κ1) is 30.1. The first-order valence-electron chi connectivity index (χ1n) is 16.5. The van der Waals surface area contributed by atoms with Gasteiger partial charge in [-0.3, -0.25) is 4.79 Å². The average molecular weight is 529 g/mol. The predicted octanol–water partition coefficient (Wildman–Crippen LogP) is 7.66. The first-order chi connectivity index (χ1) is 18.3. The van der Waals surface area contributed by atoms with E-state index in [0.717, 1.165) is 61.9 Å². The number of rotatable bonds is 14. The second-order valence-electron chi connectivity index (χ2n) is 14.3. The summed E-state index contributed by atoms with van der Waals surface area (Å²) in [4.78, 5) is 12.6. The molecule has 0 unspecified atom stereocenters. The molecule has 0 spiro atoms. The third kappa shape index (κ3) is 6.54. The molecule has 4 aliphatic carbocycles. The molecule has 4 heteroatoms. The maximum Gasteiger partial charge on any atom is 0.220 e. The fraction of sp³-hybridized carbons (Fsp3) is 0.912. The van der Waals surface area contributed by atoms with Crippen LogP contribution in [-0.4, -0.2) is 31.7 Å². The minimum atomic E-state index is 0.265. The highest BCUT2D eigenvalue weighted by atomic mass is 16.5. The number of ether oxygens (including phenoxy) is 1. The summed E-state index contributed by atoms with van der Waals surface area (Å²) in [6.45, 7) is 14.0. The van der Waals surface area contributed by atoms with Gasteiger partial charge < -0.3 is 15.8 Å². The second kappa shape index (κ2) is 13.7. The van der Waals surface area contributed by atoms with Crippen molar-refractivity contribution in [3.63, 3.8) is 0 Å². The number of carbonyl (C=O) groups excluding carboxylic acids is 1. The molecule has 4 rings (SSSR count). The maximum absolute atomic E-state index is 12.6. The van der Waals surface area contributed by atoms with Crippen LogP contribution in [0.5, 0.6) is 0 Å². The van der Waals surface area contributed by atoms with Crippen LogP contribution in [-0.2, 0) is 9.53 Å². The molecule has 1 amide bonds. The SMILES string of the molecule is C=CCO[C@@H]1CC[C@@]2(C)[C@H](CC[C@@H]3[C@@H]2CC[C@]2(C)[C@@H]([C@H](C)CCC(=O)NCCCCCCCN)CC[C@@H]32)C1. The van der Waals surface area contributed by atoms with E-state index in [1.54, 1.807) is 0 Å². The Bertz CT molecular complexity index is 770.